The monoisotopic (exact) mass is 473 g/mol. The highest BCUT2D eigenvalue weighted by molar-refractivity contribution is 14.0. The molecule has 1 aliphatic heterocycles. The van der Waals surface area contributed by atoms with E-state index in [2.05, 4.69) is 46.9 Å². The Morgan fingerprint density at radius 1 is 1.23 bits per heavy atom. The summed E-state index contributed by atoms with van der Waals surface area (Å²) in [6, 6.07) is 9.94. The van der Waals surface area contributed by atoms with Gasteiger partial charge in [0.05, 0.1) is 13.1 Å². The third kappa shape index (κ3) is 6.15. The highest BCUT2D eigenvalue weighted by Gasteiger charge is 2.27. The fourth-order valence-electron chi connectivity index (χ4n) is 2.57. The average Bonchev–Trinajstić information content (AvgIpc) is 2.92. The molecule has 0 atom stereocenters. The quantitative estimate of drug-likeness (QED) is 0.244. The predicted molar refractivity (Wildman–Crippen MR) is 114 cm³/mol. The Labute approximate surface area is 172 Å². The number of aliphatic imine (C=N–C) groups is 1. The molecule has 0 aromatic heterocycles. The van der Waals surface area contributed by atoms with Gasteiger partial charge in [0, 0.05) is 25.0 Å². The first-order chi connectivity index (χ1) is 11.9. The van der Waals surface area contributed by atoms with Gasteiger partial charge in [-0.3, -0.25) is 14.7 Å². The topological polar surface area (TPSA) is 85.8 Å². The maximum Gasteiger partial charge on any atom is 0.324 e. The molecule has 1 aromatic rings. The van der Waals surface area contributed by atoms with Crippen molar-refractivity contribution in [2.24, 2.45) is 4.99 Å². The Kier molecular flexibility index (Phi) is 8.83. The summed E-state index contributed by atoms with van der Waals surface area (Å²) in [5.41, 5.74) is 1.14. The molecule has 0 radical (unpaired) electrons. The number of hydrogen-bond donors (Lipinski definition) is 3. The number of rotatable bonds is 7. The van der Waals surface area contributed by atoms with Crippen molar-refractivity contribution in [2.75, 3.05) is 32.7 Å². The summed E-state index contributed by atoms with van der Waals surface area (Å²) < 4.78 is 0. The molecule has 0 bridgehead atoms. The van der Waals surface area contributed by atoms with Crippen molar-refractivity contribution >= 4 is 41.9 Å². The summed E-state index contributed by atoms with van der Waals surface area (Å²) in [5.74, 6) is 0.484. The molecule has 0 spiro atoms. The van der Waals surface area contributed by atoms with Crippen molar-refractivity contribution < 1.29 is 9.59 Å². The Morgan fingerprint density at radius 3 is 2.50 bits per heavy atom. The SMILES string of the molecule is CCNC(=NCC(C)(C)c1ccccc1)NCCN1C(=O)CNC1=O.I. The van der Waals surface area contributed by atoms with Gasteiger partial charge in [-0.2, -0.15) is 0 Å². The van der Waals surface area contributed by atoms with Gasteiger partial charge in [-0.05, 0) is 12.5 Å². The van der Waals surface area contributed by atoms with E-state index in [-0.39, 0.29) is 47.9 Å². The molecule has 144 valence electrons. The number of guanidine groups is 1. The van der Waals surface area contributed by atoms with Gasteiger partial charge in [0.15, 0.2) is 5.96 Å². The van der Waals surface area contributed by atoms with Crippen LogP contribution in [0.15, 0.2) is 35.3 Å². The van der Waals surface area contributed by atoms with Crippen LogP contribution in [0.1, 0.15) is 26.3 Å². The first-order valence-electron chi connectivity index (χ1n) is 8.60. The van der Waals surface area contributed by atoms with E-state index in [1.807, 2.05) is 25.1 Å². The number of benzene rings is 1. The van der Waals surface area contributed by atoms with Gasteiger partial charge in [0.2, 0.25) is 5.91 Å². The number of carbonyl (C=O) groups excluding carboxylic acids is 2. The van der Waals surface area contributed by atoms with Crippen LogP contribution in [0, 0.1) is 0 Å². The summed E-state index contributed by atoms with van der Waals surface area (Å²) in [4.78, 5) is 29.0. The van der Waals surface area contributed by atoms with Crippen molar-refractivity contribution in [1.29, 1.82) is 0 Å². The molecule has 1 aromatic carbocycles. The number of hydrogen-bond acceptors (Lipinski definition) is 3. The van der Waals surface area contributed by atoms with Crippen LogP contribution in [-0.2, 0) is 10.2 Å². The molecule has 0 unspecified atom stereocenters. The zero-order valence-corrected chi connectivity index (χ0v) is 17.9. The molecular formula is C18H28IN5O2. The Bertz CT molecular complexity index is 618. The minimum absolute atomic E-state index is 0. The molecule has 0 aliphatic carbocycles. The largest absolute Gasteiger partial charge is 0.357 e. The van der Waals surface area contributed by atoms with E-state index < -0.39 is 0 Å². The number of halogens is 1. The zero-order chi connectivity index (χ0) is 18.3. The van der Waals surface area contributed by atoms with E-state index in [4.69, 9.17) is 0 Å². The van der Waals surface area contributed by atoms with Crippen LogP contribution in [0.25, 0.3) is 0 Å². The van der Waals surface area contributed by atoms with E-state index in [1.54, 1.807) is 0 Å². The molecule has 1 fully saturated rings. The summed E-state index contributed by atoms with van der Waals surface area (Å²) in [7, 11) is 0. The maximum absolute atomic E-state index is 11.6. The summed E-state index contributed by atoms with van der Waals surface area (Å²) in [6.45, 7) is 8.52. The van der Waals surface area contributed by atoms with E-state index in [0.29, 0.717) is 25.6 Å². The first kappa shape index (κ1) is 22.2. The number of imide groups is 1. The molecule has 3 amide bonds. The summed E-state index contributed by atoms with van der Waals surface area (Å²) in [6.07, 6.45) is 0. The molecule has 7 nitrogen and oxygen atoms in total. The molecule has 0 saturated carbocycles. The van der Waals surface area contributed by atoms with Crippen LogP contribution >= 0.6 is 24.0 Å². The maximum atomic E-state index is 11.6. The van der Waals surface area contributed by atoms with Crippen molar-refractivity contribution in [3.63, 3.8) is 0 Å². The van der Waals surface area contributed by atoms with E-state index in [1.165, 1.54) is 10.5 Å². The lowest BCUT2D eigenvalue weighted by Gasteiger charge is -2.24. The van der Waals surface area contributed by atoms with Crippen LogP contribution in [0.5, 0.6) is 0 Å². The second-order valence-corrected chi connectivity index (χ2v) is 6.58. The second kappa shape index (κ2) is 10.3. The highest BCUT2D eigenvalue weighted by Crippen LogP contribution is 2.22. The van der Waals surface area contributed by atoms with E-state index in [9.17, 15) is 9.59 Å². The van der Waals surface area contributed by atoms with Gasteiger partial charge in [-0.1, -0.05) is 44.2 Å². The summed E-state index contributed by atoms with van der Waals surface area (Å²) in [5, 5.41) is 8.88. The highest BCUT2D eigenvalue weighted by atomic mass is 127. The second-order valence-electron chi connectivity index (χ2n) is 6.58. The van der Waals surface area contributed by atoms with Gasteiger partial charge in [0.25, 0.3) is 0 Å². The number of nitrogens with one attached hydrogen (secondary N) is 3. The standard InChI is InChI=1S/C18H27N5O2.HI/c1-4-19-16(20-10-11-23-15(24)12-21-17(23)25)22-13-18(2,3)14-8-6-5-7-9-14;/h5-9H,4,10-13H2,1-3H3,(H,21,25)(H2,19,20,22);1H. The Morgan fingerprint density at radius 2 is 1.92 bits per heavy atom. The number of nitrogens with zero attached hydrogens (tertiary/aromatic N) is 2. The van der Waals surface area contributed by atoms with Gasteiger partial charge in [0.1, 0.15) is 0 Å². The van der Waals surface area contributed by atoms with Crippen LogP contribution in [0.2, 0.25) is 0 Å². The minimum Gasteiger partial charge on any atom is -0.357 e. The molecule has 1 heterocycles. The minimum atomic E-state index is -0.334. The molecule has 26 heavy (non-hydrogen) atoms. The van der Waals surface area contributed by atoms with Crippen LogP contribution < -0.4 is 16.0 Å². The molecular weight excluding hydrogens is 445 g/mol. The Balaban J connectivity index is 0.00000338. The molecule has 2 rings (SSSR count). The van der Waals surface area contributed by atoms with Gasteiger partial charge in [-0.25, -0.2) is 4.79 Å². The predicted octanol–water partition coefficient (Wildman–Crippen LogP) is 1.69. The van der Waals surface area contributed by atoms with Crippen LogP contribution in [-0.4, -0.2) is 55.5 Å². The molecule has 3 N–H and O–H groups in total. The van der Waals surface area contributed by atoms with Gasteiger partial charge in [-0.15, -0.1) is 24.0 Å². The lowest BCUT2D eigenvalue weighted by atomic mass is 9.85. The molecule has 1 aliphatic rings. The summed E-state index contributed by atoms with van der Waals surface area (Å²) >= 11 is 0. The normalized spacial score (nSPS) is 14.7. The van der Waals surface area contributed by atoms with E-state index in [0.717, 1.165) is 6.54 Å². The average molecular weight is 473 g/mol. The smallest absolute Gasteiger partial charge is 0.324 e. The van der Waals surface area contributed by atoms with Gasteiger partial charge < -0.3 is 16.0 Å². The lowest BCUT2D eigenvalue weighted by molar-refractivity contribution is -0.124. The van der Waals surface area contributed by atoms with Crippen molar-refractivity contribution in [1.82, 2.24) is 20.9 Å². The lowest BCUT2D eigenvalue weighted by Crippen LogP contribution is -2.43. The van der Waals surface area contributed by atoms with Crippen LogP contribution in [0.4, 0.5) is 4.79 Å². The Hall–Kier alpha value is -1.84. The third-order valence-corrected chi connectivity index (χ3v) is 4.10. The number of carbonyl (C=O) groups is 2. The third-order valence-electron chi connectivity index (χ3n) is 4.10. The zero-order valence-electron chi connectivity index (χ0n) is 15.5. The fraction of sp³-hybridized carbons (Fsp3) is 0.500. The van der Waals surface area contributed by atoms with Crippen molar-refractivity contribution in [2.45, 2.75) is 26.2 Å². The number of amides is 3. The van der Waals surface area contributed by atoms with E-state index >= 15 is 0 Å². The fourth-order valence-corrected chi connectivity index (χ4v) is 2.57. The molecule has 1 saturated heterocycles. The van der Waals surface area contributed by atoms with Gasteiger partial charge >= 0.3 is 6.03 Å². The first-order valence-corrected chi connectivity index (χ1v) is 8.60. The van der Waals surface area contributed by atoms with Crippen molar-refractivity contribution in [3.05, 3.63) is 35.9 Å². The van der Waals surface area contributed by atoms with Crippen molar-refractivity contribution in [3.8, 4) is 0 Å². The van der Waals surface area contributed by atoms with Crippen LogP contribution in [0.3, 0.4) is 0 Å². The number of urea groups is 1. The molecule has 8 heteroatoms.